The van der Waals surface area contributed by atoms with Crippen LogP contribution in [-0.4, -0.2) is 35.9 Å². The molecule has 0 aliphatic rings. The van der Waals surface area contributed by atoms with E-state index in [9.17, 15) is 9.59 Å². The molecular formula is C24H26N2O3. The molecule has 2 amide bonds. The van der Waals surface area contributed by atoms with Gasteiger partial charge in [-0.05, 0) is 44.4 Å². The van der Waals surface area contributed by atoms with Crippen molar-refractivity contribution in [2.24, 2.45) is 0 Å². The summed E-state index contributed by atoms with van der Waals surface area (Å²) in [6, 6.07) is 20.7. The molecule has 0 radical (unpaired) electrons. The van der Waals surface area contributed by atoms with Crippen molar-refractivity contribution >= 4 is 28.3 Å². The summed E-state index contributed by atoms with van der Waals surface area (Å²) >= 11 is 0. The summed E-state index contributed by atoms with van der Waals surface area (Å²) < 4.78 is 5.94. The van der Waals surface area contributed by atoms with Gasteiger partial charge in [-0.25, -0.2) is 0 Å². The highest BCUT2D eigenvalue weighted by molar-refractivity contribution is 6.04. The van der Waals surface area contributed by atoms with Crippen molar-refractivity contribution < 1.29 is 14.3 Å². The predicted octanol–water partition coefficient (Wildman–Crippen LogP) is 4.73. The average Bonchev–Trinajstić information content (AvgIpc) is 2.75. The molecule has 150 valence electrons. The summed E-state index contributed by atoms with van der Waals surface area (Å²) in [5.41, 5.74) is 0.963. The first-order valence-electron chi connectivity index (χ1n) is 9.88. The van der Waals surface area contributed by atoms with E-state index in [1.165, 1.54) is 0 Å². The number of ether oxygens (including phenoxy) is 1. The second-order valence-corrected chi connectivity index (χ2v) is 6.75. The summed E-state index contributed by atoms with van der Waals surface area (Å²) in [7, 11) is 0. The number of hydrogen-bond donors (Lipinski definition) is 1. The molecule has 3 aromatic rings. The second-order valence-electron chi connectivity index (χ2n) is 6.75. The lowest BCUT2D eigenvalue weighted by molar-refractivity contribution is -0.122. The van der Waals surface area contributed by atoms with E-state index in [2.05, 4.69) is 5.32 Å². The van der Waals surface area contributed by atoms with Gasteiger partial charge in [0.05, 0.1) is 11.3 Å². The van der Waals surface area contributed by atoms with Crippen molar-refractivity contribution in [3.63, 3.8) is 0 Å². The lowest BCUT2D eigenvalue weighted by Crippen LogP contribution is -2.33. The molecule has 1 atom stereocenters. The molecule has 1 N–H and O–H groups in total. The lowest BCUT2D eigenvalue weighted by atomic mass is 10.1. The number of carbonyl (C=O) groups excluding carboxylic acids is 2. The SMILES string of the molecule is CCN(CC)C(=O)c1ccccc1NC(=O)[C@@H](C)Oc1cccc2ccccc12. The number of nitrogens with zero attached hydrogens (tertiary/aromatic N) is 1. The van der Waals surface area contributed by atoms with E-state index >= 15 is 0 Å². The molecule has 5 nitrogen and oxygen atoms in total. The van der Waals surface area contributed by atoms with Crippen LogP contribution in [0.5, 0.6) is 5.75 Å². The first-order chi connectivity index (χ1) is 14.0. The van der Waals surface area contributed by atoms with Crippen LogP contribution in [0.1, 0.15) is 31.1 Å². The van der Waals surface area contributed by atoms with Crippen molar-refractivity contribution in [2.45, 2.75) is 26.9 Å². The molecule has 0 aliphatic heterocycles. The van der Waals surface area contributed by atoms with Gasteiger partial charge >= 0.3 is 0 Å². The van der Waals surface area contributed by atoms with E-state index in [1.54, 1.807) is 36.1 Å². The summed E-state index contributed by atoms with van der Waals surface area (Å²) in [5.74, 6) is 0.240. The Balaban J connectivity index is 1.77. The fourth-order valence-electron chi connectivity index (χ4n) is 3.24. The topological polar surface area (TPSA) is 58.6 Å². The van der Waals surface area contributed by atoms with Crippen molar-refractivity contribution in [1.29, 1.82) is 0 Å². The predicted molar refractivity (Wildman–Crippen MR) is 116 cm³/mol. The molecule has 0 saturated heterocycles. The molecular weight excluding hydrogens is 364 g/mol. The first kappa shape index (κ1) is 20.4. The Hall–Kier alpha value is -3.34. The van der Waals surface area contributed by atoms with Crippen LogP contribution < -0.4 is 10.1 Å². The van der Waals surface area contributed by atoms with Gasteiger partial charge in [-0.1, -0.05) is 48.5 Å². The summed E-state index contributed by atoms with van der Waals surface area (Å²) in [5, 5.41) is 4.85. The lowest BCUT2D eigenvalue weighted by Gasteiger charge is -2.21. The largest absolute Gasteiger partial charge is 0.480 e. The van der Waals surface area contributed by atoms with Gasteiger partial charge in [0.15, 0.2) is 6.10 Å². The molecule has 0 saturated carbocycles. The molecule has 0 unspecified atom stereocenters. The normalized spacial score (nSPS) is 11.7. The summed E-state index contributed by atoms with van der Waals surface area (Å²) in [4.78, 5) is 27.3. The molecule has 0 fully saturated rings. The Morgan fingerprint density at radius 2 is 1.59 bits per heavy atom. The van der Waals surface area contributed by atoms with Gasteiger partial charge in [0, 0.05) is 18.5 Å². The van der Waals surface area contributed by atoms with Crippen molar-refractivity contribution in [3.05, 3.63) is 72.3 Å². The molecule has 0 bridgehead atoms. The minimum absolute atomic E-state index is 0.103. The molecule has 0 aliphatic carbocycles. The zero-order valence-corrected chi connectivity index (χ0v) is 17.0. The van der Waals surface area contributed by atoms with Crippen molar-refractivity contribution in [1.82, 2.24) is 4.90 Å². The maximum absolute atomic E-state index is 12.8. The Bertz CT molecular complexity index is 1010. The smallest absolute Gasteiger partial charge is 0.265 e. The average molecular weight is 390 g/mol. The van der Waals surface area contributed by atoms with Gasteiger partial charge in [-0.15, -0.1) is 0 Å². The van der Waals surface area contributed by atoms with Crippen LogP contribution in [0.2, 0.25) is 0 Å². The number of nitrogens with one attached hydrogen (secondary N) is 1. The third kappa shape index (κ3) is 4.57. The number of fused-ring (bicyclic) bond motifs is 1. The minimum Gasteiger partial charge on any atom is -0.480 e. The molecule has 0 heterocycles. The Kier molecular flexibility index (Phi) is 6.50. The molecule has 29 heavy (non-hydrogen) atoms. The maximum Gasteiger partial charge on any atom is 0.265 e. The van der Waals surface area contributed by atoms with Crippen molar-refractivity contribution in [3.8, 4) is 5.75 Å². The second kappa shape index (κ2) is 9.24. The van der Waals surface area contributed by atoms with Crippen molar-refractivity contribution in [2.75, 3.05) is 18.4 Å². The number of carbonyl (C=O) groups is 2. The number of hydrogen-bond acceptors (Lipinski definition) is 3. The zero-order valence-electron chi connectivity index (χ0n) is 17.0. The molecule has 3 rings (SSSR count). The highest BCUT2D eigenvalue weighted by atomic mass is 16.5. The Morgan fingerprint density at radius 1 is 0.931 bits per heavy atom. The van der Waals surface area contributed by atoms with E-state index in [0.29, 0.717) is 30.1 Å². The fourth-order valence-corrected chi connectivity index (χ4v) is 3.24. The van der Waals surface area contributed by atoms with Crippen LogP contribution in [-0.2, 0) is 4.79 Å². The number of anilines is 1. The highest BCUT2D eigenvalue weighted by Crippen LogP contribution is 2.26. The van der Waals surface area contributed by atoms with Gasteiger partial charge in [-0.2, -0.15) is 0 Å². The van der Waals surface area contributed by atoms with Crippen LogP contribution in [0.4, 0.5) is 5.69 Å². The van der Waals surface area contributed by atoms with E-state index in [4.69, 9.17) is 4.74 Å². The first-order valence-corrected chi connectivity index (χ1v) is 9.88. The van der Waals surface area contributed by atoms with Crippen LogP contribution in [0.15, 0.2) is 66.7 Å². The highest BCUT2D eigenvalue weighted by Gasteiger charge is 2.21. The summed E-state index contributed by atoms with van der Waals surface area (Å²) in [6.45, 7) is 6.79. The summed E-state index contributed by atoms with van der Waals surface area (Å²) in [6.07, 6.45) is -0.725. The van der Waals surface area contributed by atoms with Crippen LogP contribution >= 0.6 is 0 Å². The van der Waals surface area contributed by atoms with Gasteiger partial charge in [0.25, 0.3) is 11.8 Å². The molecule has 5 heteroatoms. The number of rotatable bonds is 7. The quantitative estimate of drug-likeness (QED) is 0.635. The Morgan fingerprint density at radius 3 is 2.34 bits per heavy atom. The third-order valence-electron chi connectivity index (χ3n) is 4.89. The van der Waals surface area contributed by atoms with Gasteiger partial charge < -0.3 is 15.0 Å². The van der Waals surface area contributed by atoms with E-state index in [1.807, 2.05) is 56.3 Å². The maximum atomic E-state index is 12.8. The zero-order chi connectivity index (χ0) is 20.8. The fraction of sp³-hybridized carbons (Fsp3) is 0.250. The van der Waals surface area contributed by atoms with Crippen LogP contribution in [0.3, 0.4) is 0 Å². The minimum atomic E-state index is -0.725. The number of benzene rings is 3. The van der Waals surface area contributed by atoms with E-state index < -0.39 is 6.10 Å². The van der Waals surface area contributed by atoms with Crippen LogP contribution in [0.25, 0.3) is 10.8 Å². The molecule has 0 spiro atoms. The number of para-hydroxylation sites is 1. The monoisotopic (exact) mass is 390 g/mol. The standard InChI is InChI=1S/C24H26N2O3/c1-4-26(5-2)24(28)20-14-8-9-15-21(20)25-23(27)17(3)29-22-16-10-12-18-11-6-7-13-19(18)22/h6-17H,4-5H2,1-3H3,(H,25,27)/t17-/m1/s1. The molecule has 3 aromatic carbocycles. The van der Waals surface area contributed by atoms with E-state index in [0.717, 1.165) is 10.8 Å². The van der Waals surface area contributed by atoms with Gasteiger partial charge in [0.2, 0.25) is 0 Å². The van der Waals surface area contributed by atoms with Crippen LogP contribution in [0, 0.1) is 0 Å². The third-order valence-corrected chi connectivity index (χ3v) is 4.89. The van der Waals surface area contributed by atoms with E-state index in [-0.39, 0.29) is 11.8 Å². The number of amides is 2. The van der Waals surface area contributed by atoms with Gasteiger partial charge in [-0.3, -0.25) is 9.59 Å². The van der Waals surface area contributed by atoms with Gasteiger partial charge in [0.1, 0.15) is 5.75 Å². The molecule has 0 aromatic heterocycles. The Labute approximate surface area is 171 Å².